The van der Waals surface area contributed by atoms with Crippen LogP contribution in [0.2, 0.25) is 0 Å². The van der Waals surface area contributed by atoms with E-state index in [4.69, 9.17) is 9.05 Å². The van der Waals surface area contributed by atoms with E-state index in [1.54, 1.807) is 0 Å². The summed E-state index contributed by atoms with van der Waals surface area (Å²) in [4.78, 5) is 25.6. The molecule has 0 aromatic rings. The Morgan fingerprint density at radius 1 is 0.462 bits per heavy atom. The van der Waals surface area contributed by atoms with Crippen molar-refractivity contribution in [3.8, 4) is 0 Å². The number of likely N-dealkylation sites (N-methyl/N-ethyl adjacent to an activating group) is 1. The van der Waals surface area contributed by atoms with Crippen LogP contribution in [0, 0.1) is 0 Å². The summed E-state index contributed by atoms with van der Waals surface area (Å²) in [5, 5.41) is 14.1. The Bertz CT molecular complexity index is 1640. The van der Waals surface area contributed by atoms with Gasteiger partial charge in [0.25, 0.3) is 7.82 Å². The monoisotopic (exact) mass is 1110 g/mol. The third-order valence-electron chi connectivity index (χ3n) is 14.0. The standard InChI is InChI=1S/C69H123N2O6P/c1-6-8-10-12-14-16-18-20-22-24-26-28-29-30-31-32-33-34-35-36-37-38-39-40-41-43-45-47-49-51-53-55-57-59-61-63-69(73)70-67(66-77-78(74,75)76-65-64-71(3,4)5)68(72)62-60-58-56-54-52-50-48-46-44-42-27-25-23-21-19-17-15-13-11-9-7-2/h8,10,14,16,20,22,26,28,30-31,33-34,36-37,39-40,43,45,67-68,72H,6-7,9,11-13,15,17-19,21,23-25,27,29,32,35,38,41-42,44,46-66H2,1-5H3,(H-,70,73,74,75)/b10-8-,16-14-,22-20-,28-26-,31-30-,34-33-,37-36-,40-39-,45-43-. The number of carbonyl (C=O) groups excluding carboxylic acids is 1. The number of quaternary nitrogens is 1. The average Bonchev–Trinajstić information content (AvgIpc) is 3.41. The van der Waals surface area contributed by atoms with Gasteiger partial charge >= 0.3 is 0 Å². The zero-order valence-electron chi connectivity index (χ0n) is 51.3. The van der Waals surface area contributed by atoms with Crippen LogP contribution in [0.15, 0.2) is 109 Å². The molecule has 0 heterocycles. The molecule has 0 aliphatic carbocycles. The van der Waals surface area contributed by atoms with Gasteiger partial charge in [-0.3, -0.25) is 9.36 Å². The summed E-state index contributed by atoms with van der Waals surface area (Å²) in [6.45, 7) is 4.61. The summed E-state index contributed by atoms with van der Waals surface area (Å²) in [6.07, 6.45) is 85.6. The van der Waals surface area contributed by atoms with Gasteiger partial charge in [-0.15, -0.1) is 0 Å². The fourth-order valence-corrected chi connectivity index (χ4v) is 9.76. The molecule has 78 heavy (non-hydrogen) atoms. The molecule has 0 aromatic carbocycles. The summed E-state index contributed by atoms with van der Waals surface area (Å²) < 4.78 is 23.5. The van der Waals surface area contributed by atoms with Crippen LogP contribution in [-0.4, -0.2) is 68.5 Å². The first-order valence-corrected chi connectivity index (χ1v) is 33.7. The van der Waals surface area contributed by atoms with Crippen molar-refractivity contribution in [1.29, 1.82) is 0 Å². The van der Waals surface area contributed by atoms with Gasteiger partial charge in [-0.05, 0) is 83.5 Å². The highest BCUT2D eigenvalue weighted by molar-refractivity contribution is 7.45. The van der Waals surface area contributed by atoms with E-state index in [0.29, 0.717) is 23.9 Å². The molecule has 0 aliphatic rings. The van der Waals surface area contributed by atoms with Crippen LogP contribution in [0.3, 0.4) is 0 Å². The molecule has 0 saturated carbocycles. The number of carbonyl (C=O) groups is 1. The third kappa shape index (κ3) is 60.8. The zero-order chi connectivity index (χ0) is 57.0. The van der Waals surface area contributed by atoms with Crippen LogP contribution in [0.25, 0.3) is 0 Å². The van der Waals surface area contributed by atoms with E-state index in [-0.39, 0.29) is 19.1 Å². The molecule has 0 aromatic heterocycles. The lowest BCUT2D eigenvalue weighted by Gasteiger charge is -2.30. The molecule has 0 fully saturated rings. The molecule has 0 bridgehead atoms. The Labute approximate surface area is 482 Å². The van der Waals surface area contributed by atoms with Crippen molar-refractivity contribution in [3.63, 3.8) is 0 Å². The number of rotatable bonds is 58. The summed E-state index contributed by atoms with van der Waals surface area (Å²) in [5.74, 6) is -0.178. The molecule has 450 valence electrons. The number of allylic oxidation sites excluding steroid dienone is 18. The van der Waals surface area contributed by atoms with Crippen LogP contribution in [0.5, 0.6) is 0 Å². The first kappa shape index (κ1) is 75.2. The molecular formula is C69H123N2O6P. The lowest BCUT2D eigenvalue weighted by atomic mass is 10.0. The number of phosphoric ester groups is 1. The summed E-state index contributed by atoms with van der Waals surface area (Å²) in [7, 11) is 1.29. The van der Waals surface area contributed by atoms with Gasteiger partial charge in [0.15, 0.2) is 0 Å². The first-order valence-electron chi connectivity index (χ1n) is 32.2. The van der Waals surface area contributed by atoms with Gasteiger partial charge in [0.2, 0.25) is 5.91 Å². The molecule has 2 N–H and O–H groups in total. The normalized spacial score (nSPS) is 14.5. The van der Waals surface area contributed by atoms with Gasteiger partial charge in [0.1, 0.15) is 13.2 Å². The van der Waals surface area contributed by atoms with Gasteiger partial charge in [0.05, 0.1) is 39.9 Å². The van der Waals surface area contributed by atoms with Crippen LogP contribution in [0.1, 0.15) is 271 Å². The fraction of sp³-hybridized carbons (Fsp3) is 0.725. The third-order valence-corrected chi connectivity index (χ3v) is 15.0. The number of hydrogen-bond acceptors (Lipinski definition) is 6. The average molecular weight is 1110 g/mol. The highest BCUT2D eigenvalue weighted by Crippen LogP contribution is 2.38. The van der Waals surface area contributed by atoms with Crippen LogP contribution in [0.4, 0.5) is 0 Å². The molecule has 0 aliphatic heterocycles. The van der Waals surface area contributed by atoms with Crippen molar-refractivity contribution < 1.29 is 32.9 Å². The Morgan fingerprint density at radius 2 is 0.782 bits per heavy atom. The highest BCUT2D eigenvalue weighted by Gasteiger charge is 2.24. The van der Waals surface area contributed by atoms with Gasteiger partial charge in [-0.25, -0.2) is 0 Å². The number of aliphatic hydroxyl groups is 1. The predicted octanol–water partition coefficient (Wildman–Crippen LogP) is 19.7. The smallest absolute Gasteiger partial charge is 0.268 e. The van der Waals surface area contributed by atoms with E-state index in [2.05, 4.69) is 129 Å². The Balaban J connectivity index is 4.17. The van der Waals surface area contributed by atoms with Crippen molar-refractivity contribution in [2.24, 2.45) is 0 Å². The number of phosphoric acid groups is 1. The lowest BCUT2D eigenvalue weighted by Crippen LogP contribution is -2.46. The molecule has 8 nitrogen and oxygen atoms in total. The minimum Gasteiger partial charge on any atom is -0.756 e. The quantitative estimate of drug-likeness (QED) is 0.0272. The molecule has 3 unspecified atom stereocenters. The molecule has 0 radical (unpaired) electrons. The summed E-state index contributed by atoms with van der Waals surface area (Å²) >= 11 is 0. The van der Waals surface area contributed by atoms with E-state index >= 15 is 0 Å². The number of amides is 1. The van der Waals surface area contributed by atoms with Crippen molar-refractivity contribution in [2.45, 2.75) is 283 Å². The predicted molar refractivity (Wildman–Crippen MR) is 339 cm³/mol. The van der Waals surface area contributed by atoms with Crippen LogP contribution >= 0.6 is 7.82 Å². The second kappa shape index (κ2) is 58.8. The summed E-state index contributed by atoms with van der Waals surface area (Å²) in [6, 6.07) is -0.816. The van der Waals surface area contributed by atoms with Crippen LogP contribution in [-0.2, 0) is 18.4 Å². The molecular weight excluding hydrogens is 984 g/mol. The second-order valence-electron chi connectivity index (χ2n) is 22.7. The highest BCUT2D eigenvalue weighted by atomic mass is 31.2. The number of nitrogens with zero attached hydrogens (tertiary/aromatic N) is 1. The largest absolute Gasteiger partial charge is 0.756 e. The number of hydrogen-bond donors (Lipinski definition) is 2. The molecule has 3 atom stereocenters. The molecule has 0 saturated heterocycles. The second-order valence-corrected chi connectivity index (χ2v) is 24.2. The fourth-order valence-electron chi connectivity index (χ4n) is 9.03. The number of unbranched alkanes of at least 4 members (excludes halogenated alkanes) is 27. The summed E-state index contributed by atoms with van der Waals surface area (Å²) in [5.41, 5.74) is 0. The SMILES string of the molecule is CC/C=C\C/C=C\C/C=C\C/C=C\C/C=C\C/C=C\C/C=C\C/C=C\C/C=C\CCCCCCCCCC(=O)NC(COP(=O)([O-])OCC[N+](C)(C)C)C(O)CCCCCCCCCCCCCCCCCCCCCCC. The van der Waals surface area contributed by atoms with Crippen molar-refractivity contribution >= 4 is 13.7 Å². The van der Waals surface area contributed by atoms with Gasteiger partial charge < -0.3 is 28.8 Å². The van der Waals surface area contributed by atoms with Gasteiger partial charge in [0, 0.05) is 6.42 Å². The maximum atomic E-state index is 13.0. The van der Waals surface area contributed by atoms with E-state index in [9.17, 15) is 19.4 Å². The maximum absolute atomic E-state index is 13.0. The Morgan fingerprint density at radius 3 is 1.14 bits per heavy atom. The maximum Gasteiger partial charge on any atom is 0.268 e. The van der Waals surface area contributed by atoms with Crippen molar-refractivity contribution in [1.82, 2.24) is 5.32 Å². The van der Waals surface area contributed by atoms with Gasteiger partial charge in [-0.1, -0.05) is 290 Å². The zero-order valence-corrected chi connectivity index (χ0v) is 52.2. The molecule has 0 rings (SSSR count). The number of nitrogens with one attached hydrogen (secondary N) is 1. The minimum atomic E-state index is -4.59. The van der Waals surface area contributed by atoms with E-state index in [1.807, 2.05) is 21.1 Å². The molecule has 1 amide bonds. The number of aliphatic hydroxyl groups excluding tert-OH is 1. The Kier molecular flexibility index (Phi) is 56.7. The topological polar surface area (TPSA) is 108 Å². The molecule has 0 spiro atoms. The van der Waals surface area contributed by atoms with E-state index in [1.165, 1.54) is 135 Å². The van der Waals surface area contributed by atoms with Crippen molar-refractivity contribution in [2.75, 3.05) is 40.9 Å². The van der Waals surface area contributed by atoms with Gasteiger partial charge in [-0.2, -0.15) is 0 Å². The lowest BCUT2D eigenvalue weighted by molar-refractivity contribution is -0.870. The Hall–Kier alpha value is -2.84. The van der Waals surface area contributed by atoms with Crippen molar-refractivity contribution in [3.05, 3.63) is 109 Å². The van der Waals surface area contributed by atoms with Crippen LogP contribution < -0.4 is 10.2 Å². The molecule has 9 heteroatoms. The van der Waals surface area contributed by atoms with E-state index < -0.39 is 20.0 Å². The van der Waals surface area contributed by atoms with E-state index in [0.717, 1.165) is 109 Å². The first-order chi connectivity index (χ1) is 38.0. The minimum absolute atomic E-state index is 0.00491.